The van der Waals surface area contributed by atoms with E-state index in [1.54, 1.807) is 24.3 Å². The van der Waals surface area contributed by atoms with Crippen LogP contribution in [0.25, 0.3) is 0 Å². The van der Waals surface area contributed by atoms with Gasteiger partial charge in [-0.1, -0.05) is 30.3 Å². The molecule has 0 heterocycles. The third-order valence-corrected chi connectivity index (χ3v) is 2.32. The Labute approximate surface area is 93.9 Å². The average Bonchev–Trinajstić information content (AvgIpc) is 2.34. The van der Waals surface area contributed by atoms with Crippen LogP contribution in [0, 0.1) is 0 Å². The van der Waals surface area contributed by atoms with Crippen LogP contribution < -0.4 is 5.84 Å². The first-order valence-electron chi connectivity index (χ1n) is 4.94. The lowest BCUT2D eigenvalue weighted by molar-refractivity contribution is 0.475. The van der Waals surface area contributed by atoms with Gasteiger partial charge in [0, 0.05) is 11.1 Å². The van der Waals surface area contributed by atoms with Crippen molar-refractivity contribution in [2.24, 2.45) is 10.9 Å². The fourth-order valence-corrected chi connectivity index (χ4v) is 1.53. The number of phenols is 1. The molecule has 0 amide bonds. The van der Waals surface area contributed by atoms with Crippen LogP contribution in [0.15, 0.2) is 59.7 Å². The van der Waals surface area contributed by atoms with Crippen molar-refractivity contribution in [3.63, 3.8) is 0 Å². The molecule has 80 valence electrons. The van der Waals surface area contributed by atoms with Gasteiger partial charge in [-0.3, -0.25) is 0 Å². The van der Waals surface area contributed by atoms with Crippen LogP contribution in [0.3, 0.4) is 0 Å². The maximum Gasteiger partial charge on any atom is 0.115 e. The third kappa shape index (κ3) is 2.03. The van der Waals surface area contributed by atoms with Gasteiger partial charge in [0.2, 0.25) is 0 Å². The number of aromatic hydroxyl groups is 1. The Morgan fingerprint density at radius 3 is 2.00 bits per heavy atom. The minimum absolute atomic E-state index is 0.230. The van der Waals surface area contributed by atoms with Gasteiger partial charge in [-0.25, -0.2) is 0 Å². The van der Waals surface area contributed by atoms with Gasteiger partial charge in [0.15, 0.2) is 0 Å². The summed E-state index contributed by atoms with van der Waals surface area (Å²) in [5.41, 5.74) is 2.54. The summed E-state index contributed by atoms with van der Waals surface area (Å²) in [6.07, 6.45) is 0. The van der Waals surface area contributed by atoms with Crippen molar-refractivity contribution >= 4 is 5.71 Å². The van der Waals surface area contributed by atoms with Crippen molar-refractivity contribution in [1.82, 2.24) is 0 Å². The smallest absolute Gasteiger partial charge is 0.115 e. The molecular weight excluding hydrogens is 200 g/mol. The van der Waals surface area contributed by atoms with Gasteiger partial charge in [0.25, 0.3) is 0 Å². The van der Waals surface area contributed by atoms with Crippen molar-refractivity contribution in [3.05, 3.63) is 65.7 Å². The van der Waals surface area contributed by atoms with Crippen LogP contribution in [-0.4, -0.2) is 10.8 Å². The number of nitrogens with zero attached hydrogens (tertiary/aromatic N) is 1. The molecule has 0 aliphatic rings. The van der Waals surface area contributed by atoms with Crippen LogP contribution in [-0.2, 0) is 0 Å². The molecule has 0 unspecified atom stereocenters. The normalized spacial score (nSPS) is 11.4. The van der Waals surface area contributed by atoms with Crippen molar-refractivity contribution in [2.75, 3.05) is 0 Å². The summed E-state index contributed by atoms with van der Waals surface area (Å²) in [5.74, 6) is 5.63. The Morgan fingerprint density at radius 1 is 0.875 bits per heavy atom. The van der Waals surface area contributed by atoms with Gasteiger partial charge in [0.1, 0.15) is 5.75 Å². The Kier molecular flexibility index (Phi) is 2.87. The first kappa shape index (κ1) is 10.2. The second kappa shape index (κ2) is 4.49. The standard InChI is InChI=1S/C13H12N2O/c14-15-13(10-4-2-1-3-5-10)11-6-8-12(16)9-7-11/h1-9,16H,14H2. The number of hydrazone groups is 1. The van der Waals surface area contributed by atoms with Gasteiger partial charge >= 0.3 is 0 Å². The van der Waals surface area contributed by atoms with E-state index in [9.17, 15) is 5.11 Å². The molecule has 0 radical (unpaired) electrons. The molecule has 0 bridgehead atoms. The zero-order valence-electron chi connectivity index (χ0n) is 8.67. The zero-order chi connectivity index (χ0) is 11.4. The molecule has 0 saturated carbocycles. The van der Waals surface area contributed by atoms with Crippen molar-refractivity contribution in [1.29, 1.82) is 0 Å². The van der Waals surface area contributed by atoms with E-state index in [-0.39, 0.29) is 5.75 Å². The SMILES string of the molecule is NN=C(c1ccccc1)c1ccc(O)cc1. The van der Waals surface area contributed by atoms with E-state index in [1.165, 1.54) is 0 Å². The minimum atomic E-state index is 0.230. The second-order valence-corrected chi connectivity index (χ2v) is 3.39. The maximum absolute atomic E-state index is 9.21. The van der Waals surface area contributed by atoms with E-state index < -0.39 is 0 Å². The molecule has 0 atom stereocenters. The van der Waals surface area contributed by atoms with E-state index >= 15 is 0 Å². The largest absolute Gasteiger partial charge is 0.508 e. The number of hydrogen-bond donors (Lipinski definition) is 2. The summed E-state index contributed by atoms with van der Waals surface area (Å²) in [5, 5.41) is 13.0. The van der Waals surface area contributed by atoms with Crippen LogP contribution in [0.1, 0.15) is 11.1 Å². The molecule has 0 aliphatic carbocycles. The highest BCUT2D eigenvalue weighted by Crippen LogP contribution is 2.14. The Balaban J connectivity index is 2.42. The second-order valence-electron chi connectivity index (χ2n) is 3.39. The molecule has 0 saturated heterocycles. The highest BCUT2D eigenvalue weighted by atomic mass is 16.3. The summed E-state index contributed by atoms with van der Waals surface area (Å²) >= 11 is 0. The fraction of sp³-hybridized carbons (Fsp3) is 0. The van der Waals surface area contributed by atoms with Crippen LogP contribution in [0.2, 0.25) is 0 Å². The summed E-state index contributed by atoms with van der Waals surface area (Å²) in [4.78, 5) is 0. The highest BCUT2D eigenvalue weighted by molar-refractivity contribution is 6.12. The predicted molar refractivity (Wildman–Crippen MR) is 64.4 cm³/mol. The molecule has 0 spiro atoms. The molecule has 16 heavy (non-hydrogen) atoms. The lowest BCUT2D eigenvalue weighted by atomic mass is 10.0. The Bertz CT molecular complexity index is 489. The zero-order valence-corrected chi connectivity index (χ0v) is 8.67. The van der Waals surface area contributed by atoms with Crippen molar-refractivity contribution in [3.8, 4) is 5.75 Å². The Morgan fingerprint density at radius 2 is 1.44 bits per heavy atom. The summed E-state index contributed by atoms with van der Waals surface area (Å²) in [7, 11) is 0. The van der Waals surface area contributed by atoms with Crippen LogP contribution in [0.4, 0.5) is 0 Å². The highest BCUT2D eigenvalue weighted by Gasteiger charge is 2.05. The van der Waals surface area contributed by atoms with Crippen molar-refractivity contribution in [2.45, 2.75) is 0 Å². The van der Waals surface area contributed by atoms with Gasteiger partial charge in [-0.15, -0.1) is 0 Å². The molecule has 3 N–H and O–H groups in total. The molecule has 2 aromatic carbocycles. The van der Waals surface area contributed by atoms with E-state index in [0.717, 1.165) is 11.1 Å². The lowest BCUT2D eigenvalue weighted by Crippen LogP contribution is -2.05. The number of phenolic OH excluding ortho intramolecular Hbond substituents is 1. The van der Waals surface area contributed by atoms with E-state index in [1.807, 2.05) is 30.3 Å². The third-order valence-electron chi connectivity index (χ3n) is 2.32. The number of rotatable bonds is 2. The maximum atomic E-state index is 9.21. The molecule has 0 fully saturated rings. The summed E-state index contributed by atoms with van der Waals surface area (Å²) < 4.78 is 0. The molecule has 0 aromatic heterocycles. The quantitative estimate of drug-likeness (QED) is 0.455. The Hall–Kier alpha value is -2.29. The molecule has 0 aliphatic heterocycles. The number of hydrogen-bond acceptors (Lipinski definition) is 3. The molecule has 3 nitrogen and oxygen atoms in total. The monoisotopic (exact) mass is 212 g/mol. The van der Waals surface area contributed by atoms with E-state index in [4.69, 9.17) is 5.84 Å². The first-order chi connectivity index (χ1) is 7.81. The van der Waals surface area contributed by atoms with Gasteiger partial charge in [-0.2, -0.15) is 5.10 Å². The first-order valence-corrected chi connectivity index (χ1v) is 4.94. The van der Waals surface area contributed by atoms with Crippen LogP contribution in [0.5, 0.6) is 5.75 Å². The minimum Gasteiger partial charge on any atom is -0.508 e. The summed E-state index contributed by atoms with van der Waals surface area (Å²) in [6.45, 7) is 0. The van der Waals surface area contributed by atoms with Gasteiger partial charge < -0.3 is 10.9 Å². The number of nitrogens with two attached hydrogens (primary N) is 1. The van der Waals surface area contributed by atoms with Crippen molar-refractivity contribution < 1.29 is 5.11 Å². The topological polar surface area (TPSA) is 58.6 Å². The molecular formula is C13H12N2O. The fourth-order valence-electron chi connectivity index (χ4n) is 1.53. The van der Waals surface area contributed by atoms with Gasteiger partial charge in [-0.05, 0) is 24.3 Å². The number of benzene rings is 2. The molecule has 2 rings (SSSR count). The van der Waals surface area contributed by atoms with E-state index in [0.29, 0.717) is 5.71 Å². The lowest BCUT2D eigenvalue weighted by Gasteiger charge is -2.05. The van der Waals surface area contributed by atoms with Crippen LogP contribution >= 0.6 is 0 Å². The van der Waals surface area contributed by atoms with E-state index in [2.05, 4.69) is 5.10 Å². The summed E-state index contributed by atoms with van der Waals surface area (Å²) in [6, 6.07) is 16.5. The molecule has 3 heteroatoms. The van der Waals surface area contributed by atoms with Gasteiger partial charge in [0.05, 0.1) is 5.71 Å². The predicted octanol–water partition coefficient (Wildman–Crippen LogP) is 2.10. The average molecular weight is 212 g/mol. The molecule has 2 aromatic rings.